The number of hydrogen-bond acceptors (Lipinski definition) is 3. The number of benzene rings is 2. The lowest BCUT2D eigenvalue weighted by Gasteiger charge is -2.05. The topological polar surface area (TPSA) is 56.1 Å². The van der Waals surface area contributed by atoms with Gasteiger partial charge in [-0.1, -0.05) is 30.3 Å². The van der Waals surface area contributed by atoms with Gasteiger partial charge in [0.2, 0.25) is 5.91 Å². The number of amides is 1. The monoisotopic (exact) mass is 321 g/mol. The SMILES string of the molecule is COc1ccc(CNC(=O)Cc2cnn(-c3ccccc3)c2)cc1. The van der Waals surface area contributed by atoms with Gasteiger partial charge < -0.3 is 10.1 Å². The Morgan fingerprint density at radius 1 is 1.08 bits per heavy atom. The third-order valence-electron chi connectivity index (χ3n) is 3.67. The number of nitrogens with one attached hydrogen (secondary N) is 1. The molecule has 122 valence electrons. The minimum absolute atomic E-state index is 0.0292. The second kappa shape index (κ2) is 7.46. The first kappa shape index (κ1) is 15.8. The summed E-state index contributed by atoms with van der Waals surface area (Å²) in [4.78, 5) is 12.1. The van der Waals surface area contributed by atoms with Gasteiger partial charge in [0, 0.05) is 12.7 Å². The zero-order valence-electron chi connectivity index (χ0n) is 13.5. The van der Waals surface area contributed by atoms with Crippen LogP contribution in [0.4, 0.5) is 0 Å². The van der Waals surface area contributed by atoms with Gasteiger partial charge in [0.15, 0.2) is 0 Å². The molecule has 0 aliphatic rings. The summed E-state index contributed by atoms with van der Waals surface area (Å²) in [6.07, 6.45) is 3.91. The van der Waals surface area contributed by atoms with Gasteiger partial charge in [0.25, 0.3) is 0 Å². The quantitative estimate of drug-likeness (QED) is 0.759. The fraction of sp³-hybridized carbons (Fsp3) is 0.158. The second-order valence-electron chi connectivity index (χ2n) is 5.43. The minimum atomic E-state index is -0.0292. The first-order chi connectivity index (χ1) is 11.7. The molecule has 1 heterocycles. The Morgan fingerprint density at radius 2 is 1.83 bits per heavy atom. The van der Waals surface area contributed by atoms with Crippen LogP contribution in [0.15, 0.2) is 67.0 Å². The third kappa shape index (κ3) is 4.01. The summed E-state index contributed by atoms with van der Waals surface area (Å²) in [5.74, 6) is 0.775. The van der Waals surface area contributed by atoms with Crippen molar-refractivity contribution >= 4 is 5.91 Å². The molecular weight excluding hydrogens is 302 g/mol. The van der Waals surface area contributed by atoms with Gasteiger partial charge in [-0.2, -0.15) is 5.10 Å². The largest absolute Gasteiger partial charge is 0.497 e. The van der Waals surface area contributed by atoms with Gasteiger partial charge >= 0.3 is 0 Å². The van der Waals surface area contributed by atoms with Gasteiger partial charge in [-0.25, -0.2) is 4.68 Å². The first-order valence-electron chi connectivity index (χ1n) is 7.73. The van der Waals surface area contributed by atoms with E-state index in [1.165, 1.54) is 0 Å². The smallest absolute Gasteiger partial charge is 0.224 e. The van der Waals surface area contributed by atoms with Gasteiger partial charge in [-0.05, 0) is 35.4 Å². The zero-order chi connectivity index (χ0) is 16.8. The number of methoxy groups -OCH3 is 1. The fourth-order valence-electron chi connectivity index (χ4n) is 2.37. The Labute approximate surface area is 140 Å². The Kier molecular flexibility index (Phi) is 4.91. The van der Waals surface area contributed by atoms with Crippen LogP contribution in [-0.2, 0) is 17.8 Å². The molecule has 0 spiro atoms. The van der Waals surface area contributed by atoms with E-state index in [4.69, 9.17) is 4.74 Å². The van der Waals surface area contributed by atoms with Crippen LogP contribution >= 0.6 is 0 Å². The molecule has 1 aromatic heterocycles. The lowest BCUT2D eigenvalue weighted by molar-refractivity contribution is -0.120. The number of nitrogens with zero attached hydrogens (tertiary/aromatic N) is 2. The third-order valence-corrected chi connectivity index (χ3v) is 3.67. The Balaban J connectivity index is 1.54. The van der Waals surface area contributed by atoms with Crippen molar-refractivity contribution < 1.29 is 9.53 Å². The normalized spacial score (nSPS) is 10.4. The highest BCUT2D eigenvalue weighted by atomic mass is 16.5. The Bertz CT molecular complexity index is 795. The van der Waals surface area contributed by atoms with E-state index in [1.807, 2.05) is 60.8 Å². The molecule has 0 aliphatic carbocycles. The summed E-state index contributed by atoms with van der Waals surface area (Å²) in [7, 11) is 1.63. The molecule has 0 saturated heterocycles. The molecule has 0 unspecified atom stereocenters. The molecule has 0 fully saturated rings. The van der Waals surface area contributed by atoms with Gasteiger partial charge in [-0.15, -0.1) is 0 Å². The highest BCUT2D eigenvalue weighted by molar-refractivity contribution is 5.78. The molecule has 0 radical (unpaired) electrons. The van der Waals surface area contributed by atoms with Gasteiger partial charge in [0.05, 0.1) is 25.4 Å². The number of aromatic nitrogens is 2. The predicted molar refractivity (Wildman–Crippen MR) is 92.1 cm³/mol. The van der Waals surface area contributed by atoms with E-state index in [9.17, 15) is 4.79 Å². The van der Waals surface area contributed by atoms with Crippen molar-refractivity contribution in [3.8, 4) is 11.4 Å². The summed E-state index contributed by atoms with van der Waals surface area (Å²) >= 11 is 0. The summed E-state index contributed by atoms with van der Waals surface area (Å²) in [5.41, 5.74) is 2.89. The number of carbonyl (C=O) groups excluding carboxylic acids is 1. The van der Waals surface area contributed by atoms with Crippen molar-refractivity contribution in [1.29, 1.82) is 0 Å². The van der Waals surface area contributed by atoms with E-state index in [1.54, 1.807) is 18.0 Å². The van der Waals surface area contributed by atoms with Gasteiger partial charge in [-0.3, -0.25) is 4.79 Å². The predicted octanol–water partition coefficient (Wildman–Crippen LogP) is 2.74. The van der Waals surface area contributed by atoms with E-state index in [0.717, 1.165) is 22.6 Å². The fourth-order valence-corrected chi connectivity index (χ4v) is 2.37. The van der Waals surface area contributed by atoms with Crippen LogP contribution in [0.25, 0.3) is 5.69 Å². The van der Waals surface area contributed by atoms with Crippen molar-refractivity contribution in [2.45, 2.75) is 13.0 Å². The maximum absolute atomic E-state index is 12.1. The van der Waals surface area contributed by atoms with E-state index >= 15 is 0 Å². The van der Waals surface area contributed by atoms with Crippen LogP contribution in [-0.4, -0.2) is 22.8 Å². The molecule has 2 aromatic carbocycles. The Hall–Kier alpha value is -3.08. The van der Waals surface area contributed by atoms with Crippen LogP contribution < -0.4 is 10.1 Å². The maximum Gasteiger partial charge on any atom is 0.224 e. The van der Waals surface area contributed by atoms with Crippen LogP contribution in [0.1, 0.15) is 11.1 Å². The second-order valence-corrected chi connectivity index (χ2v) is 5.43. The van der Waals surface area contributed by atoms with Crippen LogP contribution in [0.3, 0.4) is 0 Å². The highest BCUT2D eigenvalue weighted by Crippen LogP contribution is 2.11. The molecule has 0 atom stereocenters. The molecule has 0 aliphatic heterocycles. The summed E-state index contributed by atoms with van der Waals surface area (Å²) in [6, 6.07) is 17.5. The lowest BCUT2D eigenvalue weighted by Crippen LogP contribution is -2.24. The average molecular weight is 321 g/mol. The molecule has 0 bridgehead atoms. The molecule has 3 aromatic rings. The van der Waals surface area contributed by atoms with E-state index in [-0.39, 0.29) is 5.91 Å². The van der Waals surface area contributed by atoms with Gasteiger partial charge in [0.1, 0.15) is 5.75 Å². The first-order valence-corrected chi connectivity index (χ1v) is 7.73. The van der Waals surface area contributed by atoms with Crippen molar-refractivity contribution in [2.24, 2.45) is 0 Å². The molecule has 1 amide bonds. The van der Waals surface area contributed by atoms with Crippen LogP contribution in [0, 0.1) is 0 Å². The van der Waals surface area contributed by atoms with E-state index < -0.39 is 0 Å². The van der Waals surface area contributed by atoms with E-state index in [2.05, 4.69) is 10.4 Å². The number of rotatable bonds is 6. The van der Waals surface area contributed by atoms with Crippen molar-refractivity contribution in [3.05, 3.63) is 78.1 Å². The molecule has 24 heavy (non-hydrogen) atoms. The van der Waals surface area contributed by atoms with Crippen LogP contribution in [0.2, 0.25) is 0 Å². The Morgan fingerprint density at radius 3 is 2.54 bits per heavy atom. The number of para-hydroxylation sites is 1. The van der Waals surface area contributed by atoms with Crippen LogP contribution in [0.5, 0.6) is 5.75 Å². The molecular formula is C19H19N3O2. The van der Waals surface area contributed by atoms with Crippen molar-refractivity contribution in [2.75, 3.05) is 7.11 Å². The lowest BCUT2D eigenvalue weighted by atomic mass is 10.2. The van der Waals surface area contributed by atoms with Crippen molar-refractivity contribution in [1.82, 2.24) is 15.1 Å². The zero-order valence-corrected chi connectivity index (χ0v) is 13.5. The minimum Gasteiger partial charge on any atom is -0.497 e. The van der Waals surface area contributed by atoms with E-state index in [0.29, 0.717) is 13.0 Å². The van der Waals surface area contributed by atoms with Crippen molar-refractivity contribution in [3.63, 3.8) is 0 Å². The molecule has 3 rings (SSSR count). The highest BCUT2D eigenvalue weighted by Gasteiger charge is 2.07. The standard InChI is InChI=1S/C19H19N3O2/c1-24-18-9-7-15(8-10-18)12-20-19(23)11-16-13-21-22(14-16)17-5-3-2-4-6-17/h2-10,13-14H,11-12H2,1H3,(H,20,23). The number of carbonyl (C=O) groups is 1. The molecule has 5 nitrogen and oxygen atoms in total. The number of hydrogen-bond donors (Lipinski definition) is 1. The summed E-state index contributed by atoms with van der Waals surface area (Å²) in [6.45, 7) is 0.496. The summed E-state index contributed by atoms with van der Waals surface area (Å²) in [5, 5.41) is 7.22. The number of ether oxygens (including phenoxy) is 1. The molecule has 1 N–H and O–H groups in total. The average Bonchev–Trinajstić information content (AvgIpc) is 3.09. The molecule has 5 heteroatoms. The molecule has 0 saturated carbocycles. The maximum atomic E-state index is 12.1. The summed E-state index contributed by atoms with van der Waals surface area (Å²) < 4.78 is 6.89.